The van der Waals surface area contributed by atoms with E-state index in [1.807, 2.05) is 0 Å². The van der Waals surface area contributed by atoms with Crippen molar-refractivity contribution in [2.75, 3.05) is 0 Å². The summed E-state index contributed by atoms with van der Waals surface area (Å²) in [5.41, 5.74) is 1.78. The van der Waals surface area contributed by atoms with E-state index in [0.717, 1.165) is 0 Å². The number of fused-ring (bicyclic) bond motifs is 2. The van der Waals surface area contributed by atoms with Crippen molar-refractivity contribution in [2.45, 2.75) is 6.92 Å². The van der Waals surface area contributed by atoms with Crippen LogP contribution in [0.1, 0.15) is 6.92 Å². The van der Waals surface area contributed by atoms with E-state index >= 15 is 0 Å². The van der Waals surface area contributed by atoms with Gasteiger partial charge in [-0.1, -0.05) is 6.58 Å². The van der Waals surface area contributed by atoms with Crippen LogP contribution in [0.5, 0.6) is 5.75 Å². The maximum absolute atomic E-state index is 11.5. The van der Waals surface area contributed by atoms with Gasteiger partial charge in [0, 0.05) is 17.7 Å². The van der Waals surface area contributed by atoms with Crippen molar-refractivity contribution in [1.29, 1.82) is 0 Å². The second kappa shape index (κ2) is 4.86. The molecule has 0 radical (unpaired) electrons. The highest BCUT2D eigenvalue weighted by Gasteiger charge is 2.11. The van der Waals surface area contributed by atoms with E-state index in [2.05, 4.69) is 11.6 Å². The molecule has 2 aliphatic rings. The van der Waals surface area contributed by atoms with Gasteiger partial charge in [-0.15, -0.1) is 0 Å². The Morgan fingerprint density at radius 1 is 1.24 bits per heavy atom. The molecule has 0 N–H and O–H groups in total. The summed E-state index contributed by atoms with van der Waals surface area (Å²) in [7, 11) is 0. The van der Waals surface area contributed by atoms with Crippen LogP contribution in [0.15, 0.2) is 57.8 Å². The lowest BCUT2D eigenvalue weighted by atomic mass is 10.2. The highest BCUT2D eigenvalue weighted by Crippen LogP contribution is 2.26. The number of hydrogen-bond donors (Lipinski definition) is 0. The van der Waals surface area contributed by atoms with Crippen molar-refractivity contribution in [3.63, 3.8) is 0 Å². The fourth-order valence-electron chi connectivity index (χ4n) is 1.84. The minimum Gasteiger partial charge on any atom is -0.453 e. The molecule has 104 valence electrons. The summed E-state index contributed by atoms with van der Waals surface area (Å²) in [5, 5.41) is 0. The average Bonchev–Trinajstić information content (AvgIpc) is 2.45. The summed E-state index contributed by atoms with van der Waals surface area (Å²) in [6.45, 7) is 5.09. The van der Waals surface area contributed by atoms with Gasteiger partial charge in [0.15, 0.2) is 16.8 Å². The van der Waals surface area contributed by atoms with Crippen LogP contribution in [0.25, 0.3) is 22.6 Å². The Balaban J connectivity index is 2.11. The molecule has 1 aromatic carbocycles. The lowest BCUT2D eigenvalue weighted by Crippen LogP contribution is -2.08. The smallest absolute Gasteiger partial charge is 0.338 e. The number of benzene rings is 2. The van der Waals surface area contributed by atoms with Crippen molar-refractivity contribution in [3.05, 3.63) is 58.8 Å². The number of nitrogens with zero attached hydrogens (tertiary/aromatic N) is 1. The first kappa shape index (κ1) is 13.1. The van der Waals surface area contributed by atoms with Crippen molar-refractivity contribution in [3.8, 4) is 17.2 Å². The van der Waals surface area contributed by atoms with Crippen molar-refractivity contribution in [1.82, 2.24) is 4.98 Å². The van der Waals surface area contributed by atoms with Crippen LogP contribution in [0, 0.1) is 0 Å². The predicted octanol–water partition coefficient (Wildman–Crippen LogP) is 2.77. The highest BCUT2D eigenvalue weighted by atomic mass is 16.5. The van der Waals surface area contributed by atoms with Gasteiger partial charge in [0.1, 0.15) is 17.0 Å². The maximum Gasteiger partial charge on any atom is 0.338 e. The highest BCUT2D eigenvalue weighted by molar-refractivity contribution is 5.89. The van der Waals surface area contributed by atoms with Gasteiger partial charge in [-0.05, 0) is 31.2 Å². The molecule has 0 saturated carbocycles. The molecule has 0 bridgehead atoms. The normalized spacial score (nSPS) is 10.7. The molecule has 1 heterocycles. The van der Waals surface area contributed by atoms with Gasteiger partial charge in [-0.3, -0.25) is 4.79 Å². The van der Waals surface area contributed by atoms with Crippen LogP contribution in [0.3, 0.4) is 0 Å². The molecule has 21 heavy (non-hydrogen) atoms. The third-order valence-corrected chi connectivity index (χ3v) is 2.88. The average molecular weight is 281 g/mol. The van der Waals surface area contributed by atoms with Crippen LogP contribution in [-0.4, -0.2) is 11.0 Å². The molecule has 0 unspecified atom stereocenters. The van der Waals surface area contributed by atoms with Gasteiger partial charge >= 0.3 is 5.97 Å². The molecule has 3 rings (SSSR count). The van der Waals surface area contributed by atoms with Crippen molar-refractivity contribution >= 4 is 17.1 Å². The second-order valence-electron chi connectivity index (χ2n) is 4.64. The molecule has 0 amide bonds. The van der Waals surface area contributed by atoms with Gasteiger partial charge in [0.25, 0.3) is 0 Å². The van der Waals surface area contributed by atoms with Crippen molar-refractivity contribution in [2.24, 2.45) is 0 Å². The summed E-state index contributed by atoms with van der Waals surface area (Å²) in [6.07, 6.45) is 0. The van der Waals surface area contributed by atoms with E-state index < -0.39 is 5.97 Å². The molecule has 0 atom stereocenters. The van der Waals surface area contributed by atoms with E-state index in [9.17, 15) is 9.59 Å². The summed E-state index contributed by atoms with van der Waals surface area (Å²) >= 11 is 0. The molecule has 1 aromatic rings. The molecule has 1 aliphatic carbocycles. The van der Waals surface area contributed by atoms with Crippen LogP contribution < -0.4 is 10.2 Å². The molecular weight excluding hydrogens is 270 g/mol. The van der Waals surface area contributed by atoms with Gasteiger partial charge in [0.2, 0.25) is 0 Å². The van der Waals surface area contributed by atoms with Gasteiger partial charge in [-0.25, -0.2) is 9.78 Å². The Hall–Kier alpha value is -2.95. The lowest BCUT2D eigenvalue weighted by Gasteiger charge is -2.07. The number of ether oxygens (including phenoxy) is 1. The fraction of sp³-hybridized carbons (Fsp3) is 0.0625. The molecule has 0 fully saturated rings. The third-order valence-electron chi connectivity index (χ3n) is 2.88. The van der Waals surface area contributed by atoms with E-state index in [1.54, 1.807) is 31.2 Å². The number of rotatable bonds is 2. The largest absolute Gasteiger partial charge is 0.453 e. The molecule has 0 saturated heterocycles. The van der Waals surface area contributed by atoms with Crippen LogP contribution >= 0.6 is 0 Å². The summed E-state index contributed by atoms with van der Waals surface area (Å²) in [5.74, 6) is 0.210. The molecular formula is C16H11NO4. The standard InChI is InChI=1S/C16H11NO4/c1-9(2)16(19)20-11-4-6-13-15(8-11)21-14-7-10(18)3-5-12(14)17-13/h3-8H,1H2,2H3. The first-order valence-electron chi connectivity index (χ1n) is 6.25. The number of aromatic nitrogens is 1. The van der Waals surface area contributed by atoms with Gasteiger partial charge in [0.05, 0.1) is 0 Å². The monoisotopic (exact) mass is 281 g/mol. The topological polar surface area (TPSA) is 69.4 Å². The lowest BCUT2D eigenvalue weighted by molar-refractivity contribution is -0.130. The number of carbonyl (C=O) groups is 1. The van der Waals surface area contributed by atoms with Crippen LogP contribution in [0.4, 0.5) is 0 Å². The zero-order valence-electron chi connectivity index (χ0n) is 11.3. The maximum atomic E-state index is 11.5. The fourth-order valence-corrected chi connectivity index (χ4v) is 1.84. The molecule has 1 aliphatic heterocycles. The van der Waals surface area contributed by atoms with Crippen LogP contribution in [0.2, 0.25) is 0 Å². The van der Waals surface area contributed by atoms with Crippen LogP contribution in [-0.2, 0) is 4.79 Å². The molecule has 0 aromatic heterocycles. The summed E-state index contributed by atoms with van der Waals surface area (Å²) < 4.78 is 10.8. The van der Waals surface area contributed by atoms with E-state index in [-0.39, 0.29) is 5.43 Å². The number of carbonyl (C=O) groups excluding carboxylic acids is 1. The summed E-state index contributed by atoms with van der Waals surface area (Å²) in [6, 6.07) is 9.27. The first-order valence-corrected chi connectivity index (χ1v) is 6.25. The predicted molar refractivity (Wildman–Crippen MR) is 77.4 cm³/mol. The molecule has 0 spiro atoms. The quantitative estimate of drug-likeness (QED) is 0.312. The van der Waals surface area contributed by atoms with Gasteiger partial charge < -0.3 is 9.15 Å². The Bertz CT molecular complexity index is 894. The first-order chi connectivity index (χ1) is 10.0. The van der Waals surface area contributed by atoms with E-state index in [1.165, 1.54) is 12.1 Å². The molecule has 5 nitrogen and oxygen atoms in total. The minimum atomic E-state index is -0.509. The second-order valence-corrected chi connectivity index (χ2v) is 4.64. The van der Waals surface area contributed by atoms with E-state index in [4.69, 9.17) is 9.15 Å². The Morgan fingerprint density at radius 3 is 2.81 bits per heavy atom. The Labute approximate surface area is 119 Å². The minimum absolute atomic E-state index is 0.155. The third kappa shape index (κ3) is 2.53. The zero-order valence-corrected chi connectivity index (χ0v) is 11.3. The Morgan fingerprint density at radius 2 is 2.05 bits per heavy atom. The SMILES string of the molecule is C=C(C)C(=O)Oc1ccc2nc3ccc(=O)cc-3oc2c1. The number of esters is 1. The van der Waals surface area contributed by atoms with E-state index in [0.29, 0.717) is 33.9 Å². The van der Waals surface area contributed by atoms with Crippen molar-refractivity contribution < 1.29 is 13.9 Å². The zero-order chi connectivity index (χ0) is 15.0. The van der Waals surface area contributed by atoms with Gasteiger partial charge in [-0.2, -0.15) is 0 Å². The molecule has 5 heteroatoms. The Kier molecular flexibility index (Phi) is 3.02. The number of hydrogen-bond acceptors (Lipinski definition) is 5. The summed E-state index contributed by atoms with van der Waals surface area (Å²) in [4.78, 5) is 27.2.